The lowest BCUT2D eigenvalue weighted by molar-refractivity contribution is -0.150. The van der Waals surface area contributed by atoms with Crippen molar-refractivity contribution in [3.63, 3.8) is 0 Å². The molecule has 0 radical (unpaired) electrons. The van der Waals surface area contributed by atoms with Gasteiger partial charge in [0, 0.05) is 18.8 Å². The van der Waals surface area contributed by atoms with Gasteiger partial charge in [0.25, 0.3) is 0 Å². The van der Waals surface area contributed by atoms with Gasteiger partial charge >= 0.3 is 5.97 Å². The van der Waals surface area contributed by atoms with Gasteiger partial charge in [-0.2, -0.15) is 0 Å². The summed E-state index contributed by atoms with van der Waals surface area (Å²) in [5, 5.41) is 0. The SMILES string of the molecule is CCC(=O)OCC(=O)[C@H]1CC[C@H]2[C@@H]3CCC4=CC(=O)CC[C@]4(C)[C@H]3CC[C@]12C. The van der Waals surface area contributed by atoms with Crippen LogP contribution in [-0.4, -0.2) is 24.1 Å². The lowest BCUT2D eigenvalue weighted by Gasteiger charge is -2.58. The van der Waals surface area contributed by atoms with Crippen LogP contribution in [0.4, 0.5) is 0 Å². The van der Waals surface area contributed by atoms with Crippen LogP contribution in [0.5, 0.6) is 0 Å². The van der Waals surface area contributed by atoms with Gasteiger partial charge in [0.2, 0.25) is 0 Å². The number of fused-ring (bicyclic) bond motifs is 5. The van der Waals surface area contributed by atoms with E-state index in [4.69, 9.17) is 4.74 Å². The molecule has 3 saturated carbocycles. The third-order valence-electron chi connectivity index (χ3n) is 9.01. The quantitative estimate of drug-likeness (QED) is 0.660. The molecule has 0 aliphatic heterocycles. The number of ketones is 2. The summed E-state index contributed by atoms with van der Waals surface area (Å²) in [6.45, 7) is 6.42. The second-order valence-electron chi connectivity index (χ2n) is 10.1. The summed E-state index contributed by atoms with van der Waals surface area (Å²) in [5.74, 6) is 2.05. The Labute approximate surface area is 168 Å². The van der Waals surface area contributed by atoms with Crippen LogP contribution in [0.1, 0.15) is 78.6 Å². The fourth-order valence-electron chi connectivity index (χ4n) is 7.44. The van der Waals surface area contributed by atoms with Crippen LogP contribution in [0.2, 0.25) is 0 Å². The molecular weight excluding hydrogens is 352 g/mol. The van der Waals surface area contributed by atoms with Crippen molar-refractivity contribution in [2.45, 2.75) is 78.6 Å². The molecule has 0 spiro atoms. The molecule has 28 heavy (non-hydrogen) atoms. The van der Waals surface area contributed by atoms with E-state index in [1.54, 1.807) is 6.92 Å². The zero-order chi connectivity index (χ0) is 20.1. The highest BCUT2D eigenvalue weighted by molar-refractivity contribution is 5.91. The van der Waals surface area contributed by atoms with Gasteiger partial charge in [0.05, 0.1) is 0 Å². The standard InChI is InChI=1S/C24H34O4/c1-4-22(27)28-14-21(26)20-8-7-18-17-6-5-15-13-16(25)9-11-23(15,2)19(17)10-12-24(18,20)3/h13,17-20H,4-12,14H2,1-3H3/t17-,18-,19-,20+,23-,24-/m0/s1. The van der Waals surface area contributed by atoms with E-state index in [1.165, 1.54) is 5.57 Å². The number of allylic oxidation sites excluding steroid dienone is 1. The first-order chi connectivity index (χ1) is 13.3. The van der Waals surface area contributed by atoms with Gasteiger partial charge in [0.15, 0.2) is 11.6 Å². The Bertz CT molecular complexity index is 722. The van der Waals surface area contributed by atoms with Crippen molar-refractivity contribution < 1.29 is 19.1 Å². The number of esters is 1. The average molecular weight is 387 g/mol. The zero-order valence-electron chi connectivity index (χ0n) is 17.6. The molecule has 0 aromatic rings. The molecule has 4 aliphatic rings. The van der Waals surface area contributed by atoms with Gasteiger partial charge in [-0.05, 0) is 79.6 Å². The van der Waals surface area contributed by atoms with E-state index in [-0.39, 0.29) is 35.1 Å². The van der Waals surface area contributed by atoms with Crippen LogP contribution in [0.3, 0.4) is 0 Å². The molecule has 0 bridgehead atoms. The molecule has 0 aromatic heterocycles. The molecule has 0 aromatic carbocycles. The number of hydrogen-bond acceptors (Lipinski definition) is 4. The molecule has 4 nitrogen and oxygen atoms in total. The lowest BCUT2D eigenvalue weighted by atomic mass is 9.46. The van der Waals surface area contributed by atoms with Crippen LogP contribution in [-0.2, 0) is 19.1 Å². The maximum Gasteiger partial charge on any atom is 0.305 e. The summed E-state index contributed by atoms with van der Waals surface area (Å²) in [7, 11) is 0. The van der Waals surface area contributed by atoms with Gasteiger partial charge in [-0.1, -0.05) is 26.3 Å². The van der Waals surface area contributed by atoms with Gasteiger partial charge in [-0.25, -0.2) is 0 Å². The molecule has 0 unspecified atom stereocenters. The predicted molar refractivity (Wildman–Crippen MR) is 106 cm³/mol. The van der Waals surface area contributed by atoms with Crippen LogP contribution in [0, 0.1) is 34.5 Å². The molecule has 4 heteroatoms. The first-order valence-electron chi connectivity index (χ1n) is 11.2. The van der Waals surface area contributed by atoms with E-state index in [0.717, 1.165) is 44.9 Å². The van der Waals surface area contributed by atoms with Crippen molar-refractivity contribution in [2.75, 3.05) is 6.61 Å². The molecule has 4 aliphatic carbocycles. The van der Waals surface area contributed by atoms with E-state index in [2.05, 4.69) is 13.8 Å². The van der Waals surface area contributed by atoms with E-state index in [9.17, 15) is 14.4 Å². The number of ether oxygens (including phenoxy) is 1. The van der Waals surface area contributed by atoms with Crippen molar-refractivity contribution >= 4 is 17.5 Å². The summed E-state index contributed by atoms with van der Waals surface area (Å²) in [6.07, 6.45) is 10.4. The number of Topliss-reactive ketones (excluding diaryl/α,β-unsaturated/α-hetero) is 1. The summed E-state index contributed by atoms with van der Waals surface area (Å²) >= 11 is 0. The first-order valence-corrected chi connectivity index (χ1v) is 11.2. The smallest absolute Gasteiger partial charge is 0.305 e. The predicted octanol–water partition coefficient (Wildman–Crippen LogP) is 4.66. The zero-order valence-corrected chi connectivity index (χ0v) is 17.6. The van der Waals surface area contributed by atoms with E-state index >= 15 is 0 Å². The number of carbonyl (C=O) groups is 3. The Morgan fingerprint density at radius 2 is 1.86 bits per heavy atom. The minimum absolute atomic E-state index is 0.0285. The average Bonchev–Trinajstić information content (AvgIpc) is 3.03. The van der Waals surface area contributed by atoms with Gasteiger partial charge in [0.1, 0.15) is 6.61 Å². The van der Waals surface area contributed by atoms with E-state index in [1.807, 2.05) is 6.08 Å². The molecule has 0 heterocycles. The van der Waals surface area contributed by atoms with Crippen molar-refractivity contribution in [1.82, 2.24) is 0 Å². The topological polar surface area (TPSA) is 60.4 Å². The Morgan fingerprint density at radius 3 is 2.61 bits per heavy atom. The normalized spacial score (nSPS) is 42.1. The number of carbonyl (C=O) groups excluding carboxylic acids is 3. The third-order valence-corrected chi connectivity index (χ3v) is 9.01. The van der Waals surface area contributed by atoms with E-state index < -0.39 is 0 Å². The van der Waals surface area contributed by atoms with Gasteiger partial charge in [-0.15, -0.1) is 0 Å². The van der Waals surface area contributed by atoms with Gasteiger partial charge in [-0.3, -0.25) is 14.4 Å². The summed E-state index contributed by atoms with van der Waals surface area (Å²) in [6, 6.07) is 0. The molecule has 0 amide bonds. The van der Waals surface area contributed by atoms with E-state index in [0.29, 0.717) is 36.4 Å². The van der Waals surface area contributed by atoms with Crippen LogP contribution in [0.15, 0.2) is 11.6 Å². The highest BCUT2D eigenvalue weighted by atomic mass is 16.5. The van der Waals surface area contributed by atoms with Crippen LogP contribution < -0.4 is 0 Å². The van der Waals surface area contributed by atoms with Crippen molar-refractivity contribution in [3.8, 4) is 0 Å². The Morgan fingerprint density at radius 1 is 1.07 bits per heavy atom. The molecular formula is C24H34O4. The summed E-state index contributed by atoms with van der Waals surface area (Å²) in [5.41, 5.74) is 1.61. The summed E-state index contributed by atoms with van der Waals surface area (Å²) in [4.78, 5) is 36.3. The molecule has 6 atom stereocenters. The maximum atomic E-state index is 12.9. The van der Waals surface area contributed by atoms with Crippen molar-refractivity contribution in [3.05, 3.63) is 11.6 Å². The Balaban J connectivity index is 1.52. The second kappa shape index (κ2) is 7.11. The van der Waals surface area contributed by atoms with Crippen molar-refractivity contribution in [1.29, 1.82) is 0 Å². The summed E-state index contributed by atoms with van der Waals surface area (Å²) < 4.78 is 5.17. The van der Waals surface area contributed by atoms with Gasteiger partial charge < -0.3 is 4.74 Å². The lowest BCUT2D eigenvalue weighted by Crippen LogP contribution is -2.51. The molecule has 4 rings (SSSR count). The highest BCUT2D eigenvalue weighted by Crippen LogP contribution is 2.66. The van der Waals surface area contributed by atoms with Crippen LogP contribution in [0.25, 0.3) is 0 Å². The van der Waals surface area contributed by atoms with Crippen molar-refractivity contribution in [2.24, 2.45) is 34.5 Å². The Kier molecular flexibility index (Phi) is 5.04. The minimum Gasteiger partial charge on any atom is -0.458 e. The fraction of sp³-hybridized carbons (Fsp3) is 0.792. The highest BCUT2D eigenvalue weighted by Gasteiger charge is 2.60. The fourth-order valence-corrected chi connectivity index (χ4v) is 7.44. The monoisotopic (exact) mass is 386 g/mol. The molecule has 3 fully saturated rings. The Hall–Kier alpha value is -1.45. The number of rotatable bonds is 4. The van der Waals surface area contributed by atoms with Crippen LogP contribution >= 0.6 is 0 Å². The second-order valence-corrected chi connectivity index (χ2v) is 10.1. The molecule has 0 saturated heterocycles. The largest absolute Gasteiger partial charge is 0.458 e. The minimum atomic E-state index is -0.289. The molecule has 154 valence electrons. The number of hydrogen-bond donors (Lipinski definition) is 0. The first kappa shape index (κ1) is 19.8. The maximum absolute atomic E-state index is 12.9. The third kappa shape index (κ3) is 2.98. The molecule has 0 N–H and O–H groups in total.